The second kappa shape index (κ2) is 6.09. The Balaban J connectivity index is 1.70. The van der Waals surface area contributed by atoms with Gasteiger partial charge in [0.05, 0.1) is 18.8 Å². The Labute approximate surface area is 122 Å². The Morgan fingerprint density at radius 2 is 2.48 bits per heavy atom. The Morgan fingerprint density at radius 1 is 1.57 bits per heavy atom. The summed E-state index contributed by atoms with van der Waals surface area (Å²) in [5.74, 6) is 1.07. The van der Waals surface area contributed by atoms with Crippen LogP contribution in [0, 0.1) is 0 Å². The molecule has 7 nitrogen and oxygen atoms in total. The maximum atomic E-state index is 12.4. The molecule has 3 heterocycles. The van der Waals surface area contributed by atoms with Gasteiger partial charge in [0, 0.05) is 6.54 Å². The average molecular weight is 290 g/mol. The molecule has 1 amide bonds. The Hall–Kier alpha value is -2.15. The zero-order valence-electron chi connectivity index (χ0n) is 11.9. The van der Waals surface area contributed by atoms with E-state index < -0.39 is 0 Å². The first-order chi connectivity index (χ1) is 10.3. The van der Waals surface area contributed by atoms with Crippen LogP contribution in [0.2, 0.25) is 0 Å². The molecule has 0 radical (unpaired) electrons. The molecule has 1 unspecified atom stereocenters. The van der Waals surface area contributed by atoms with Crippen molar-refractivity contribution < 1.29 is 13.7 Å². The van der Waals surface area contributed by atoms with Crippen molar-refractivity contribution in [1.29, 1.82) is 0 Å². The van der Waals surface area contributed by atoms with E-state index in [0.717, 1.165) is 25.1 Å². The van der Waals surface area contributed by atoms with Gasteiger partial charge < -0.3 is 19.2 Å². The summed E-state index contributed by atoms with van der Waals surface area (Å²) in [6.45, 7) is 3.79. The van der Waals surface area contributed by atoms with Gasteiger partial charge in [-0.25, -0.2) is 0 Å². The van der Waals surface area contributed by atoms with Crippen molar-refractivity contribution in [3.05, 3.63) is 35.9 Å². The number of aromatic nitrogens is 2. The van der Waals surface area contributed by atoms with Gasteiger partial charge in [-0.3, -0.25) is 4.79 Å². The van der Waals surface area contributed by atoms with Crippen LogP contribution in [0.4, 0.5) is 0 Å². The molecule has 0 spiro atoms. The van der Waals surface area contributed by atoms with Gasteiger partial charge in [-0.2, -0.15) is 4.98 Å². The quantitative estimate of drug-likeness (QED) is 0.903. The summed E-state index contributed by atoms with van der Waals surface area (Å²) >= 11 is 0. The SMILES string of the molecule is CCN(Cc1ccco1)C(=O)c1noc(C2CCCN2)n1. The maximum Gasteiger partial charge on any atom is 0.295 e. The van der Waals surface area contributed by atoms with E-state index in [1.165, 1.54) is 0 Å². The third-order valence-corrected chi connectivity index (χ3v) is 3.59. The van der Waals surface area contributed by atoms with Crippen LogP contribution in [0.3, 0.4) is 0 Å². The van der Waals surface area contributed by atoms with Crippen LogP contribution < -0.4 is 5.32 Å². The molecule has 1 aliphatic rings. The smallest absolute Gasteiger partial charge is 0.295 e. The molecule has 0 aromatic carbocycles. The largest absolute Gasteiger partial charge is 0.467 e. The van der Waals surface area contributed by atoms with Crippen molar-refractivity contribution >= 4 is 5.91 Å². The first kappa shape index (κ1) is 13.8. The van der Waals surface area contributed by atoms with E-state index in [0.29, 0.717) is 19.0 Å². The summed E-state index contributed by atoms with van der Waals surface area (Å²) in [5.41, 5.74) is 0. The van der Waals surface area contributed by atoms with Gasteiger partial charge in [0.25, 0.3) is 11.7 Å². The average Bonchev–Trinajstić information content (AvgIpc) is 3.25. The normalized spacial score (nSPS) is 18.0. The van der Waals surface area contributed by atoms with Gasteiger partial charge in [-0.05, 0) is 38.4 Å². The second-order valence-corrected chi connectivity index (χ2v) is 5.00. The van der Waals surface area contributed by atoms with E-state index >= 15 is 0 Å². The van der Waals surface area contributed by atoms with Crippen molar-refractivity contribution in [3.8, 4) is 0 Å². The first-order valence-electron chi connectivity index (χ1n) is 7.16. The molecule has 21 heavy (non-hydrogen) atoms. The zero-order chi connectivity index (χ0) is 14.7. The first-order valence-corrected chi connectivity index (χ1v) is 7.16. The molecule has 1 fully saturated rings. The molecule has 7 heteroatoms. The number of amides is 1. The molecule has 3 rings (SSSR count). The lowest BCUT2D eigenvalue weighted by Gasteiger charge is -2.17. The van der Waals surface area contributed by atoms with E-state index in [1.54, 1.807) is 17.2 Å². The van der Waals surface area contributed by atoms with Crippen LogP contribution in [0.1, 0.15) is 48.1 Å². The standard InChI is InChI=1S/C14H18N4O3/c1-2-18(9-10-5-4-8-20-10)14(19)12-16-13(21-17-12)11-6-3-7-15-11/h4-5,8,11,15H,2-3,6-7,9H2,1H3. The van der Waals surface area contributed by atoms with Crippen LogP contribution in [0.5, 0.6) is 0 Å². The molecular formula is C14H18N4O3. The maximum absolute atomic E-state index is 12.4. The predicted molar refractivity (Wildman–Crippen MR) is 73.4 cm³/mol. The molecule has 1 atom stereocenters. The van der Waals surface area contributed by atoms with Crippen molar-refractivity contribution in [2.75, 3.05) is 13.1 Å². The highest BCUT2D eigenvalue weighted by molar-refractivity contribution is 5.90. The number of carbonyl (C=O) groups excluding carboxylic acids is 1. The number of rotatable bonds is 5. The molecule has 1 saturated heterocycles. The van der Waals surface area contributed by atoms with E-state index in [2.05, 4.69) is 15.5 Å². The minimum Gasteiger partial charge on any atom is -0.467 e. The fourth-order valence-electron chi connectivity index (χ4n) is 2.42. The summed E-state index contributed by atoms with van der Waals surface area (Å²) in [5, 5.41) is 7.08. The number of carbonyl (C=O) groups is 1. The third kappa shape index (κ3) is 2.97. The summed E-state index contributed by atoms with van der Waals surface area (Å²) in [6.07, 6.45) is 3.63. The highest BCUT2D eigenvalue weighted by Gasteiger charge is 2.26. The minimum atomic E-state index is -0.248. The summed E-state index contributed by atoms with van der Waals surface area (Å²) in [7, 11) is 0. The minimum absolute atomic E-state index is 0.0687. The second-order valence-electron chi connectivity index (χ2n) is 5.00. The van der Waals surface area contributed by atoms with Crippen LogP contribution in [-0.2, 0) is 6.54 Å². The summed E-state index contributed by atoms with van der Waals surface area (Å²) in [4.78, 5) is 18.3. The number of hydrogen-bond acceptors (Lipinski definition) is 6. The molecule has 0 saturated carbocycles. The molecule has 0 aliphatic carbocycles. The number of furan rings is 1. The van der Waals surface area contributed by atoms with Crippen LogP contribution in [0.15, 0.2) is 27.3 Å². The van der Waals surface area contributed by atoms with Crippen LogP contribution >= 0.6 is 0 Å². The van der Waals surface area contributed by atoms with Crippen molar-refractivity contribution in [2.24, 2.45) is 0 Å². The lowest BCUT2D eigenvalue weighted by Crippen LogP contribution is -2.31. The molecular weight excluding hydrogens is 272 g/mol. The van der Waals surface area contributed by atoms with Gasteiger partial charge in [-0.1, -0.05) is 5.16 Å². The topological polar surface area (TPSA) is 84.4 Å². The fourth-order valence-corrected chi connectivity index (χ4v) is 2.42. The van der Waals surface area contributed by atoms with Gasteiger partial charge in [0.2, 0.25) is 5.89 Å². The van der Waals surface area contributed by atoms with E-state index in [9.17, 15) is 4.79 Å². The van der Waals surface area contributed by atoms with Gasteiger partial charge in [0.15, 0.2) is 0 Å². The lowest BCUT2D eigenvalue weighted by atomic mass is 10.2. The molecule has 2 aromatic rings. The predicted octanol–water partition coefficient (Wildman–Crippen LogP) is 1.75. The molecule has 1 aliphatic heterocycles. The van der Waals surface area contributed by atoms with Crippen molar-refractivity contribution in [3.63, 3.8) is 0 Å². The lowest BCUT2D eigenvalue weighted by molar-refractivity contribution is 0.0725. The highest BCUT2D eigenvalue weighted by Crippen LogP contribution is 2.21. The van der Waals surface area contributed by atoms with Crippen molar-refractivity contribution in [1.82, 2.24) is 20.4 Å². The number of nitrogens with one attached hydrogen (secondary N) is 1. The number of hydrogen-bond donors (Lipinski definition) is 1. The Kier molecular flexibility index (Phi) is 4.01. The monoisotopic (exact) mass is 290 g/mol. The fraction of sp³-hybridized carbons (Fsp3) is 0.500. The Bertz CT molecular complexity index is 587. The summed E-state index contributed by atoms with van der Waals surface area (Å²) < 4.78 is 10.5. The molecule has 1 N–H and O–H groups in total. The Morgan fingerprint density at radius 3 is 3.14 bits per heavy atom. The highest BCUT2D eigenvalue weighted by atomic mass is 16.5. The molecule has 2 aromatic heterocycles. The van der Waals surface area contributed by atoms with Gasteiger partial charge in [-0.15, -0.1) is 0 Å². The third-order valence-electron chi connectivity index (χ3n) is 3.59. The van der Waals surface area contributed by atoms with Crippen LogP contribution in [-0.4, -0.2) is 34.0 Å². The summed E-state index contributed by atoms with van der Waals surface area (Å²) in [6, 6.07) is 3.70. The van der Waals surface area contributed by atoms with Gasteiger partial charge >= 0.3 is 0 Å². The number of nitrogens with zero attached hydrogens (tertiary/aromatic N) is 3. The van der Waals surface area contributed by atoms with E-state index in [-0.39, 0.29) is 17.8 Å². The van der Waals surface area contributed by atoms with E-state index in [1.807, 2.05) is 13.0 Å². The zero-order valence-corrected chi connectivity index (χ0v) is 11.9. The van der Waals surface area contributed by atoms with Crippen LogP contribution in [0.25, 0.3) is 0 Å². The molecule has 112 valence electrons. The van der Waals surface area contributed by atoms with Gasteiger partial charge in [0.1, 0.15) is 5.76 Å². The molecule has 0 bridgehead atoms. The van der Waals surface area contributed by atoms with E-state index in [4.69, 9.17) is 8.94 Å². The van der Waals surface area contributed by atoms with Crippen molar-refractivity contribution in [2.45, 2.75) is 32.4 Å².